The van der Waals surface area contributed by atoms with E-state index in [4.69, 9.17) is 10.5 Å². The lowest BCUT2D eigenvalue weighted by Crippen LogP contribution is -2.04. The number of hydrogen-bond acceptors (Lipinski definition) is 5. The van der Waals surface area contributed by atoms with Crippen LogP contribution in [0, 0.1) is 3.57 Å². The van der Waals surface area contributed by atoms with Gasteiger partial charge in [-0.1, -0.05) is 0 Å². The molecule has 3 N–H and O–H groups in total. The molecule has 0 unspecified atom stereocenters. The van der Waals surface area contributed by atoms with Crippen molar-refractivity contribution in [2.75, 3.05) is 12.8 Å². The summed E-state index contributed by atoms with van der Waals surface area (Å²) in [4.78, 5) is 9.02. The van der Waals surface area contributed by atoms with Crippen molar-refractivity contribution in [2.45, 2.75) is 18.8 Å². The maximum absolute atomic E-state index is 9.88. The third-order valence-corrected chi connectivity index (χ3v) is 5.08. The molecule has 0 saturated heterocycles. The molecule has 1 fully saturated rings. The number of benzene rings is 1. The number of ether oxygens (including phenoxy) is 1. The maximum atomic E-state index is 9.88. The number of phenols is 1. The van der Waals surface area contributed by atoms with Crippen molar-refractivity contribution in [1.29, 1.82) is 0 Å². The summed E-state index contributed by atoms with van der Waals surface area (Å²) in [6, 6.07) is 3.47. The highest BCUT2D eigenvalue weighted by atomic mass is 127. The van der Waals surface area contributed by atoms with E-state index < -0.39 is 0 Å². The molecular weight excluding hydrogens is 449 g/mol. The highest BCUT2D eigenvalue weighted by Gasteiger charge is 2.29. The molecule has 1 saturated carbocycles. The number of nitrogens with zero attached hydrogens (tertiary/aromatic N) is 2. The average molecular weight is 462 g/mol. The van der Waals surface area contributed by atoms with Crippen LogP contribution in [-0.4, -0.2) is 22.2 Å². The minimum Gasteiger partial charge on any atom is -0.503 e. The smallest absolute Gasteiger partial charge is 0.172 e. The van der Waals surface area contributed by atoms with Gasteiger partial charge in [0.15, 0.2) is 17.3 Å². The molecule has 0 atom stereocenters. The molecule has 110 valence electrons. The molecule has 5 nitrogen and oxygen atoms in total. The van der Waals surface area contributed by atoms with Crippen LogP contribution in [0.4, 0.5) is 5.82 Å². The van der Waals surface area contributed by atoms with E-state index >= 15 is 0 Å². The predicted molar refractivity (Wildman–Crippen MR) is 92.5 cm³/mol. The molecule has 1 aromatic carbocycles. The summed E-state index contributed by atoms with van der Waals surface area (Å²) in [7, 11) is 1.50. The summed E-state index contributed by atoms with van der Waals surface area (Å²) < 4.78 is 6.63. The summed E-state index contributed by atoms with van der Waals surface area (Å²) in [5.74, 6) is 1.96. The summed E-state index contributed by atoms with van der Waals surface area (Å²) in [5.41, 5.74) is 7.78. The third kappa shape index (κ3) is 2.80. The molecule has 21 heavy (non-hydrogen) atoms. The first-order chi connectivity index (χ1) is 10.0. The Morgan fingerprint density at radius 3 is 2.71 bits per heavy atom. The first-order valence-corrected chi connectivity index (χ1v) is 8.28. The topological polar surface area (TPSA) is 81.3 Å². The van der Waals surface area contributed by atoms with E-state index in [9.17, 15) is 5.11 Å². The van der Waals surface area contributed by atoms with E-state index in [0.717, 1.165) is 27.7 Å². The molecule has 7 heteroatoms. The second kappa shape index (κ2) is 5.60. The average Bonchev–Trinajstić information content (AvgIpc) is 3.29. The molecule has 1 aliphatic carbocycles. The van der Waals surface area contributed by atoms with E-state index in [1.165, 1.54) is 7.11 Å². The zero-order valence-electron chi connectivity index (χ0n) is 11.2. The van der Waals surface area contributed by atoms with Gasteiger partial charge in [0.1, 0.15) is 5.82 Å². The second-order valence-electron chi connectivity index (χ2n) is 4.91. The molecule has 0 aliphatic heterocycles. The first-order valence-electron chi connectivity index (χ1n) is 6.41. The lowest BCUT2D eigenvalue weighted by molar-refractivity contribution is 0.372. The fourth-order valence-electron chi connectivity index (χ4n) is 2.10. The van der Waals surface area contributed by atoms with Crippen molar-refractivity contribution >= 4 is 44.3 Å². The number of phenolic OH excluding ortho intramolecular Hbond substituents is 1. The van der Waals surface area contributed by atoms with E-state index in [2.05, 4.69) is 48.5 Å². The third-order valence-electron chi connectivity index (χ3n) is 3.37. The number of aromatic hydroxyl groups is 1. The molecule has 1 aliphatic rings. The van der Waals surface area contributed by atoms with Crippen LogP contribution in [0.15, 0.2) is 16.6 Å². The van der Waals surface area contributed by atoms with Crippen molar-refractivity contribution in [3.05, 3.63) is 25.9 Å². The van der Waals surface area contributed by atoms with Gasteiger partial charge in [-0.3, -0.25) is 0 Å². The Labute approximate surface area is 144 Å². The van der Waals surface area contributed by atoms with Gasteiger partial charge in [-0.05, 0) is 63.5 Å². The summed E-state index contributed by atoms with van der Waals surface area (Å²) >= 11 is 5.51. The van der Waals surface area contributed by atoms with Gasteiger partial charge in [-0.25, -0.2) is 9.97 Å². The Hall–Kier alpha value is -1.09. The highest BCUT2D eigenvalue weighted by molar-refractivity contribution is 14.1. The van der Waals surface area contributed by atoms with Gasteiger partial charge >= 0.3 is 0 Å². The number of nitrogens with two attached hydrogens (primary N) is 1. The number of nitrogen functional groups attached to an aromatic ring is 1. The maximum Gasteiger partial charge on any atom is 0.172 e. The molecule has 0 radical (unpaired) electrons. The van der Waals surface area contributed by atoms with Crippen LogP contribution in [0.25, 0.3) is 11.4 Å². The number of methoxy groups -OCH3 is 1. The Balaban J connectivity index is 2.14. The monoisotopic (exact) mass is 461 g/mol. The fourth-order valence-corrected chi connectivity index (χ4v) is 3.22. The highest BCUT2D eigenvalue weighted by Crippen LogP contribution is 2.43. The summed E-state index contributed by atoms with van der Waals surface area (Å²) in [6.45, 7) is 0. The lowest BCUT2D eigenvalue weighted by Gasteiger charge is -2.11. The minimum absolute atomic E-state index is 0.0575. The zero-order chi connectivity index (χ0) is 15.1. The number of halogens is 2. The molecule has 0 amide bonds. The standard InChI is InChI=1S/C14H13BrIN3O2/c1-21-9-5-7(4-8(15)12(9)20)14-18-11(6-2-3-6)10(16)13(17)19-14/h4-6,20H,2-3H2,1H3,(H2,17,18,19). The Bertz CT molecular complexity index is 720. The van der Waals surface area contributed by atoms with E-state index in [1.807, 2.05) is 0 Å². The first kappa shape index (κ1) is 14.8. The number of anilines is 1. The summed E-state index contributed by atoms with van der Waals surface area (Å²) in [6.07, 6.45) is 2.29. The Morgan fingerprint density at radius 1 is 1.38 bits per heavy atom. The second-order valence-corrected chi connectivity index (χ2v) is 6.85. The SMILES string of the molecule is COc1cc(-c2nc(N)c(I)c(C3CC3)n2)cc(Br)c1O. The lowest BCUT2D eigenvalue weighted by atomic mass is 10.1. The zero-order valence-corrected chi connectivity index (χ0v) is 15.0. The van der Waals surface area contributed by atoms with E-state index in [1.54, 1.807) is 12.1 Å². The van der Waals surface area contributed by atoms with Gasteiger partial charge in [0, 0.05) is 11.5 Å². The van der Waals surface area contributed by atoms with Crippen LogP contribution in [0.5, 0.6) is 11.5 Å². The van der Waals surface area contributed by atoms with Gasteiger partial charge in [0.25, 0.3) is 0 Å². The van der Waals surface area contributed by atoms with Crippen molar-refractivity contribution < 1.29 is 9.84 Å². The van der Waals surface area contributed by atoms with Crippen LogP contribution >= 0.6 is 38.5 Å². The van der Waals surface area contributed by atoms with Crippen LogP contribution in [-0.2, 0) is 0 Å². The molecule has 1 aromatic heterocycles. The van der Waals surface area contributed by atoms with Crippen LogP contribution in [0.3, 0.4) is 0 Å². The van der Waals surface area contributed by atoms with Gasteiger partial charge in [0.05, 0.1) is 20.8 Å². The largest absolute Gasteiger partial charge is 0.503 e. The molecule has 2 aromatic rings. The van der Waals surface area contributed by atoms with Gasteiger partial charge in [-0.15, -0.1) is 0 Å². The molecule has 0 bridgehead atoms. The molecule has 0 spiro atoms. The Morgan fingerprint density at radius 2 is 2.10 bits per heavy atom. The molecular formula is C14H13BrIN3O2. The number of hydrogen-bond donors (Lipinski definition) is 2. The number of rotatable bonds is 3. The van der Waals surface area contributed by atoms with Crippen LogP contribution < -0.4 is 10.5 Å². The predicted octanol–water partition coefficient (Wildman–Crippen LogP) is 3.68. The van der Waals surface area contributed by atoms with E-state index in [0.29, 0.717) is 27.8 Å². The number of aromatic nitrogens is 2. The molecule has 3 rings (SSSR count). The molecule has 1 heterocycles. The van der Waals surface area contributed by atoms with Crippen molar-refractivity contribution in [2.24, 2.45) is 0 Å². The van der Waals surface area contributed by atoms with Crippen molar-refractivity contribution in [3.8, 4) is 22.9 Å². The fraction of sp³-hybridized carbons (Fsp3) is 0.286. The van der Waals surface area contributed by atoms with Crippen molar-refractivity contribution in [3.63, 3.8) is 0 Å². The van der Waals surface area contributed by atoms with Gasteiger partial charge in [0.2, 0.25) is 0 Å². The van der Waals surface area contributed by atoms with Crippen LogP contribution in [0.2, 0.25) is 0 Å². The van der Waals surface area contributed by atoms with Gasteiger partial charge < -0.3 is 15.6 Å². The minimum atomic E-state index is 0.0575. The van der Waals surface area contributed by atoms with Crippen molar-refractivity contribution in [1.82, 2.24) is 9.97 Å². The normalized spacial score (nSPS) is 14.2. The van der Waals surface area contributed by atoms with Crippen LogP contribution in [0.1, 0.15) is 24.5 Å². The van der Waals surface area contributed by atoms with Gasteiger partial charge in [-0.2, -0.15) is 0 Å². The Kier molecular flexibility index (Phi) is 3.96. The summed E-state index contributed by atoms with van der Waals surface area (Å²) in [5, 5.41) is 9.88. The van der Waals surface area contributed by atoms with E-state index in [-0.39, 0.29) is 5.75 Å². The quantitative estimate of drug-likeness (QED) is 0.681.